The molecule has 0 radical (unpaired) electrons. The zero-order chi connectivity index (χ0) is 19.8. The maximum atomic E-state index is 12.3. The minimum Gasteiger partial charge on any atom is -0.362 e. The van der Waals surface area contributed by atoms with Crippen molar-refractivity contribution in [3.63, 3.8) is 0 Å². The van der Waals surface area contributed by atoms with Gasteiger partial charge >= 0.3 is 0 Å². The van der Waals surface area contributed by atoms with Crippen molar-refractivity contribution in [3.05, 3.63) is 35.4 Å². The summed E-state index contributed by atoms with van der Waals surface area (Å²) < 4.78 is 0. The number of amides is 3. The number of imide groups is 1. The van der Waals surface area contributed by atoms with Gasteiger partial charge in [-0.15, -0.1) is 0 Å². The smallest absolute Gasteiger partial charge is 0.261 e. The molecule has 1 aromatic rings. The van der Waals surface area contributed by atoms with E-state index in [1.807, 2.05) is 0 Å². The number of hydrogen-bond donors (Lipinski definition) is 2. The molecule has 1 atom stereocenters. The first kappa shape index (κ1) is 21.0. The van der Waals surface area contributed by atoms with Crippen molar-refractivity contribution in [1.82, 2.24) is 15.5 Å². The first-order valence-corrected chi connectivity index (χ1v) is 9.91. The van der Waals surface area contributed by atoms with E-state index in [-0.39, 0.29) is 35.8 Å². The maximum absolute atomic E-state index is 12.3. The van der Waals surface area contributed by atoms with Crippen LogP contribution in [-0.2, 0) is 4.79 Å². The summed E-state index contributed by atoms with van der Waals surface area (Å²) in [6, 6.07) is 6.68. The van der Waals surface area contributed by atoms with Crippen LogP contribution in [0.1, 0.15) is 66.7 Å². The van der Waals surface area contributed by atoms with Crippen LogP contribution in [0, 0.1) is 5.92 Å². The van der Waals surface area contributed by atoms with Crippen LogP contribution >= 0.6 is 12.2 Å². The van der Waals surface area contributed by atoms with E-state index in [0.29, 0.717) is 17.0 Å². The van der Waals surface area contributed by atoms with E-state index in [1.54, 1.807) is 24.3 Å². The highest BCUT2D eigenvalue weighted by molar-refractivity contribution is 7.80. The van der Waals surface area contributed by atoms with Crippen molar-refractivity contribution in [2.45, 2.75) is 46.0 Å². The van der Waals surface area contributed by atoms with Crippen LogP contribution in [0.15, 0.2) is 24.3 Å². The van der Waals surface area contributed by atoms with E-state index < -0.39 is 0 Å². The number of carbonyl (C=O) groups is 3. The molecule has 1 aliphatic rings. The largest absolute Gasteiger partial charge is 0.362 e. The Morgan fingerprint density at radius 2 is 1.78 bits per heavy atom. The van der Waals surface area contributed by atoms with Gasteiger partial charge < -0.3 is 10.6 Å². The summed E-state index contributed by atoms with van der Waals surface area (Å²) in [5, 5.41) is 6.00. The molecule has 0 fully saturated rings. The van der Waals surface area contributed by atoms with Gasteiger partial charge in [-0.25, -0.2) is 0 Å². The van der Waals surface area contributed by atoms with Gasteiger partial charge in [0, 0.05) is 19.5 Å². The second kappa shape index (κ2) is 10.2. The second-order valence-electron chi connectivity index (χ2n) is 6.73. The molecule has 0 bridgehead atoms. The molecule has 1 aromatic carbocycles. The van der Waals surface area contributed by atoms with Crippen molar-refractivity contribution in [2.75, 3.05) is 13.1 Å². The number of unbranched alkanes of at least 4 members (excludes halogenated alkanes) is 1. The summed E-state index contributed by atoms with van der Waals surface area (Å²) >= 11 is 5.17. The van der Waals surface area contributed by atoms with E-state index >= 15 is 0 Å². The van der Waals surface area contributed by atoms with E-state index in [9.17, 15) is 14.4 Å². The molecule has 0 aliphatic carbocycles. The Kier molecular flexibility index (Phi) is 7.91. The average Bonchev–Trinajstić information content (AvgIpc) is 2.91. The number of rotatable bonds is 9. The van der Waals surface area contributed by atoms with Gasteiger partial charge in [0.05, 0.1) is 11.1 Å². The van der Waals surface area contributed by atoms with Crippen LogP contribution in [0.2, 0.25) is 0 Å². The molecule has 0 saturated heterocycles. The fourth-order valence-corrected chi connectivity index (χ4v) is 3.27. The van der Waals surface area contributed by atoms with Gasteiger partial charge in [0.15, 0.2) is 5.11 Å². The quantitative estimate of drug-likeness (QED) is 0.502. The van der Waals surface area contributed by atoms with Gasteiger partial charge in [-0.3, -0.25) is 19.3 Å². The topological polar surface area (TPSA) is 78.5 Å². The maximum Gasteiger partial charge on any atom is 0.261 e. The summed E-state index contributed by atoms with van der Waals surface area (Å²) in [4.78, 5) is 37.8. The third-order valence-electron chi connectivity index (χ3n) is 4.79. The molecule has 3 amide bonds. The number of carbonyl (C=O) groups excluding carboxylic acids is 3. The monoisotopic (exact) mass is 389 g/mol. The number of thiocarbonyl (C=S) groups is 1. The molecule has 7 heteroatoms. The molecule has 0 aromatic heterocycles. The zero-order valence-corrected chi connectivity index (χ0v) is 16.7. The first-order chi connectivity index (χ1) is 13.0. The van der Waals surface area contributed by atoms with Crippen LogP contribution < -0.4 is 10.6 Å². The minimum absolute atomic E-state index is 0.0142. The van der Waals surface area contributed by atoms with Gasteiger partial charge in [0.1, 0.15) is 0 Å². The lowest BCUT2D eigenvalue weighted by Gasteiger charge is -2.17. The van der Waals surface area contributed by atoms with Crippen molar-refractivity contribution in [2.24, 2.45) is 5.92 Å². The minimum atomic E-state index is -0.356. The van der Waals surface area contributed by atoms with Crippen molar-refractivity contribution < 1.29 is 14.4 Å². The molecule has 0 saturated carbocycles. The van der Waals surface area contributed by atoms with Gasteiger partial charge in [-0.1, -0.05) is 45.2 Å². The van der Waals surface area contributed by atoms with E-state index in [2.05, 4.69) is 24.5 Å². The van der Waals surface area contributed by atoms with Crippen molar-refractivity contribution in [3.8, 4) is 0 Å². The fourth-order valence-electron chi connectivity index (χ4n) is 3.07. The highest BCUT2D eigenvalue weighted by Crippen LogP contribution is 2.22. The summed E-state index contributed by atoms with van der Waals surface area (Å²) in [6.07, 6.45) is 4.55. The van der Waals surface area contributed by atoms with Gasteiger partial charge in [0.25, 0.3) is 11.8 Å². The second-order valence-corrected chi connectivity index (χ2v) is 7.14. The van der Waals surface area contributed by atoms with Crippen LogP contribution in [0.4, 0.5) is 0 Å². The normalized spacial score (nSPS) is 14.1. The Balaban J connectivity index is 1.76. The number of nitrogens with one attached hydrogen (secondary N) is 2. The predicted molar refractivity (Wildman–Crippen MR) is 108 cm³/mol. The lowest BCUT2D eigenvalue weighted by Crippen LogP contribution is -2.42. The van der Waals surface area contributed by atoms with Crippen molar-refractivity contribution >= 4 is 35.1 Å². The Labute approximate surface area is 165 Å². The van der Waals surface area contributed by atoms with Gasteiger partial charge in [-0.2, -0.15) is 0 Å². The molecule has 2 N–H and O–H groups in total. The molecule has 1 unspecified atom stereocenters. The molecule has 2 rings (SSSR count). The molecule has 1 aliphatic heterocycles. The van der Waals surface area contributed by atoms with E-state index in [1.165, 1.54) is 6.42 Å². The molecule has 6 nitrogen and oxygen atoms in total. The van der Waals surface area contributed by atoms with Crippen molar-refractivity contribution in [1.29, 1.82) is 0 Å². The molecule has 146 valence electrons. The first-order valence-electron chi connectivity index (χ1n) is 9.50. The van der Waals surface area contributed by atoms with Gasteiger partial charge in [-0.05, 0) is 36.7 Å². The molecule has 1 heterocycles. The van der Waals surface area contributed by atoms with Gasteiger partial charge in [0.2, 0.25) is 5.91 Å². The highest BCUT2D eigenvalue weighted by atomic mass is 32.1. The summed E-state index contributed by atoms with van der Waals surface area (Å²) in [7, 11) is 0. The lowest BCUT2D eigenvalue weighted by molar-refractivity contribution is -0.119. The zero-order valence-electron chi connectivity index (χ0n) is 15.9. The number of nitrogens with zero attached hydrogens (tertiary/aromatic N) is 1. The average molecular weight is 390 g/mol. The third-order valence-corrected chi connectivity index (χ3v) is 5.03. The summed E-state index contributed by atoms with van der Waals surface area (Å²) in [5.41, 5.74) is 0.774. The number of benzene rings is 1. The molecular weight excluding hydrogens is 362 g/mol. The van der Waals surface area contributed by atoms with Crippen LogP contribution in [-0.4, -0.2) is 40.8 Å². The number of fused-ring (bicyclic) bond motifs is 1. The molecule has 0 spiro atoms. The Morgan fingerprint density at radius 3 is 2.33 bits per heavy atom. The summed E-state index contributed by atoms with van der Waals surface area (Å²) in [5.74, 6) is -0.500. The standard InChI is InChI=1S/C20H27N3O3S/c1-3-5-8-14(4-2)13-21-20(27)22-17(24)11-12-23-18(25)15-9-6-7-10-16(15)19(23)26/h6-7,9-10,14H,3-5,8,11-13H2,1-2H3,(H2,21,22,24,27). The van der Waals surface area contributed by atoms with Crippen LogP contribution in [0.25, 0.3) is 0 Å². The molecular formula is C20H27N3O3S. The Bertz CT molecular complexity index is 685. The Morgan fingerprint density at radius 1 is 1.15 bits per heavy atom. The number of hydrogen-bond acceptors (Lipinski definition) is 4. The highest BCUT2D eigenvalue weighted by Gasteiger charge is 2.34. The van der Waals surface area contributed by atoms with Crippen LogP contribution in [0.5, 0.6) is 0 Å². The Hall–Kier alpha value is -2.28. The molecule has 27 heavy (non-hydrogen) atoms. The van der Waals surface area contributed by atoms with Crippen LogP contribution in [0.3, 0.4) is 0 Å². The third kappa shape index (κ3) is 5.60. The predicted octanol–water partition coefficient (Wildman–Crippen LogP) is 2.88. The fraction of sp³-hybridized carbons (Fsp3) is 0.500. The van der Waals surface area contributed by atoms with E-state index in [0.717, 1.165) is 30.7 Å². The van der Waals surface area contributed by atoms with E-state index in [4.69, 9.17) is 12.2 Å². The SMILES string of the molecule is CCCCC(CC)CNC(=S)NC(=O)CCN1C(=O)c2ccccc2C1=O. The lowest BCUT2D eigenvalue weighted by atomic mass is 9.99. The summed E-state index contributed by atoms with van der Waals surface area (Å²) in [6.45, 7) is 5.08.